The molecular weight excluding hydrogens is 446 g/mol. The Kier molecular flexibility index (Phi) is 8.86. The number of H-pyrrole nitrogens is 1. The molecule has 9 nitrogen and oxygen atoms in total. The van der Waals surface area contributed by atoms with Crippen LogP contribution in [0.25, 0.3) is 0 Å². The highest BCUT2D eigenvalue weighted by Gasteiger charge is 2.25. The minimum atomic E-state index is -0.627. The van der Waals surface area contributed by atoms with Crippen LogP contribution in [-0.4, -0.2) is 48.3 Å². The van der Waals surface area contributed by atoms with Crippen molar-refractivity contribution in [3.63, 3.8) is 0 Å². The molecule has 0 aliphatic carbocycles. The molecule has 0 aliphatic rings. The topological polar surface area (TPSA) is 114 Å². The summed E-state index contributed by atoms with van der Waals surface area (Å²) in [5.41, 5.74) is 6.90. The van der Waals surface area contributed by atoms with Crippen molar-refractivity contribution in [2.75, 3.05) is 42.3 Å². The van der Waals surface area contributed by atoms with E-state index in [1.54, 1.807) is 16.9 Å². The Balaban J connectivity index is 2.00. The molecule has 1 aromatic heterocycles. The van der Waals surface area contributed by atoms with Crippen molar-refractivity contribution >= 4 is 23.1 Å². The monoisotopic (exact) mass is 479 g/mol. The molecule has 0 atom stereocenters. The highest BCUT2D eigenvalue weighted by molar-refractivity contribution is 5.97. The lowest BCUT2D eigenvalue weighted by Gasteiger charge is -2.31. The second-order valence-corrected chi connectivity index (χ2v) is 8.53. The van der Waals surface area contributed by atoms with Crippen molar-refractivity contribution in [2.24, 2.45) is 0 Å². The zero-order valence-electron chi connectivity index (χ0n) is 20.4. The van der Waals surface area contributed by atoms with E-state index in [1.807, 2.05) is 74.5 Å². The van der Waals surface area contributed by atoms with E-state index >= 15 is 0 Å². The van der Waals surface area contributed by atoms with E-state index < -0.39 is 11.2 Å². The van der Waals surface area contributed by atoms with Crippen molar-refractivity contribution in [1.82, 2.24) is 9.55 Å². The van der Waals surface area contributed by atoms with Crippen LogP contribution in [-0.2, 0) is 16.1 Å². The quantitative estimate of drug-likeness (QED) is 0.409. The molecule has 1 heterocycles. The Bertz CT molecular complexity index is 1220. The van der Waals surface area contributed by atoms with Crippen LogP contribution in [0.15, 0.2) is 70.3 Å². The minimum Gasteiger partial charge on any atom is -0.385 e. The predicted octanol–water partition coefficient (Wildman–Crippen LogP) is 2.45. The minimum absolute atomic E-state index is 0.0172. The number of carbonyl (C=O) groups is 1. The molecule has 2 aromatic carbocycles. The molecule has 0 radical (unpaired) electrons. The summed E-state index contributed by atoms with van der Waals surface area (Å²) in [5, 5.41) is 0. The summed E-state index contributed by atoms with van der Waals surface area (Å²) < 4.78 is 6.49. The third kappa shape index (κ3) is 6.39. The van der Waals surface area contributed by atoms with E-state index in [2.05, 4.69) is 4.98 Å². The van der Waals surface area contributed by atoms with Crippen LogP contribution in [0.2, 0.25) is 0 Å². The maximum Gasteiger partial charge on any atom is 0.330 e. The lowest BCUT2D eigenvalue weighted by Crippen LogP contribution is -2.47. The molecular formula is C26H33N5O4. The first-order valence-corrected chi connectivity index (χ1v) is 11.6. The molecule has 3 aromatic rings. The van der Waals surface area contributed by atoms with Crippen LogP contribution in [0.5, 0.6) is 0 Å². The molecule has 1 amide bonds. The highest BCUT2D eigenvalue weighted by atomic mass is 16.5. The van der Waals surface area contributed by atoms with Gasteiger partial charge in [-0.15, -0.1) is 0 Å². The van der Waals surface area contributed by atoms with E-state index in [4.69, 9.17) is 10.5 Å². The first kappa shape index (κ1) is 25.8. The number of aromatic amines is 1. The Morgan fingerprint density at radius 2 is 1.69 bits per heavy atom. The Morgan fingerprint density at radius 3 is 2.29 bits per heavy atom. The number of nitrogen functional groups attached to an aromatic ring is 1. The van der Waals surface area contributed by atoms with Gasteiger partial charge >= 0.3 is 5.69 Å². The third-order valence-corrected chi connectivity index (χ3v) is 5.64. The summed E-state index contributed by atoms with van der Waals surface area (Å²) in [5.74, 6) is -0.174. The van der Waals surface area contributed by atoms with Crippen molar-refractivity contribution in [3.8, 4) is 0 Å². The average Bonchev–Trinajstić information content (AvgIpc) is 2.83. The zero-order valence-corrected chi connectivity index (χ0v) is 20.4. The SMILES string of the molecule is COCCCN(CC(=O)N(c1ccccc1)C(C)C)c1c(N)n(Cc2ccccc2)c(=O)[nH]c1=O. The maximum absolute atomic E-state index is 13.5. The fourth-order valence-electron chi connectivity index (χ4n) is 4.03. The number of methoxy groups -OCH3 is 1. The van der Waals surface area contributed by atoms with E-state index in [-0.39, 0.29) is 36.5 Å². The van der Waals surface area contributed by atoms with Gasteiger partial charge in [0.05, 0.1) is 13.1 Å². The normalized spacial score (nSPS) is 11.0. The number of hydrogen-bond donors (Lipinski definition) is 2. The second kappa shape index (κ2) is 12.0. The van der Waals surface area contributed by atoms with Gasteiger partial charge in [0.2, 0.25) is 5.91 Å². The first-order chi connectivity index (χ1) is 16.8. The van der Waals surface area contributed by atoms with E-state index in [0.29, 0.717) is 19.6 Å². The molecule has 0 aliphatic heterocycles. The summed E-state index contributed by atoms with van der Waals surface area (Å²) in [6, 6.07) is 18.6. The van der Waals surface area contributed by atoms with E-state index in [0.717, 1.165) is 11.3 Å². The summed E-state index contributed by atoms with van der Waals surface area (Å²) in [6.45, 7) is 4.75. The summed E-state index contributed by atoms with van der Waals surface area (Å²) >= 11 is 0. The number of benzene rings is 2. The van der Waals surface area contributed by atoms with E-state index in [1.165, 1.54) is 4.57 Å². The number of nitrogens with zero attached hydrogens (tertiary/aromatic N) is 3. The third-order valence-electron chi connectivity index (χ3n) is 5.64. The van der Waals surface area contributed by atoms with Gasteiger partial charge in [-0.3, -0.25) is 19.1 Å². The molecule has 0 spiro atoms. The molecule has 3 N–H and O–H groups in total. The predicted molar refractivity (Wildman–Crippen MR) is 139 cm³/mol. The molecule has 186 valence electrons. The zero-order chi connectivity index (χ0) is 25.4. The molecule has 0 saturated heterocycles. The van der Waals surface area contributed by atoms with Gasteiger partial charge in [0.25, 0.3) is 5.56 Å². The highest BCUT2D eigenvalue weighted by Crippen LogP contribution is 2.21. The Labute approximate surface area is 204 Å². The molecule has 0 bridgehead atoms. The number of para-hydroxylation sites is 1. The standard InChI is InChI=1S/C26H33N5O4/c1-19(2)31(21-13-8-5-9-14-21)22(32)18-29(15-10-16-35-3)23-24(27)30(26(34)28-25(23)33)17-20-11-6-4-7-12-20/h4-9,11-14,19H,10,15-18,27H2,1-3H3,(H,28,33,34). The molecule has 3 rings (SSSR count). The molecule has 35 heavy (non-hydrogen) atoms. The largest absolute Gasteiger partial charge is 0.385 e. The number of nitrogens with two attached hydrogens (primary N) is 1. The maximum atomic E-state index is 13.5. The van der Waals surface area contributed by atoms with Gasteiger partial charge in [-0.25, -0.2) is 4.79 Å². The first-order valence-electron chi connectivity index (χ1n) is 11.6. The number of hydrogen-bond acceptors (Lipinski definition) is 6. The van der Waals surface area contributed by atoms with Gasteiger partial charge < -0.3 is 20.3 Å². The van der Waals surface area contributed by atoms with Crippen LogP contribution < -0.4 is 26.8 Å². The van der Waals surface area contributed by atoms with Gasteiger partial charge in [0, 0.05) is 32.0 Å². The van der Waals surface area contributed by atoms with Crippen molar-refractivity contribution < 1.29 is 9.53 Å². The average molecular weight is 480 g/mol. The van der Waals surface area contributed by atoms with Gasteiger partial charge in [0.15, 0.2) is 0 Å². The molecule has 9 heteroatoms. The second-order valence-electron chi connectivity index (χ2n) is 8.53. The van der Waals surface area contributed by atoms with Gasteiger partial charge in [0.1, 0.15) is 11.5 Å². The number of ether oxygens (including phenoxy) is 1. The molecule has 0 unspecified atom stereocenters. The van der Waals surface area contributed by atoms with Gasteiger partial charge in [-0.05, 0) is 38.0 Å². The number of aromatic nitrogens is 2. The van der Waals surface area contributed by atoms with Crippen molar-refractivity contribution in [1.29, 1.82) is 0 Å². The summed E-state index contributed by atoms with van der Waals surface area (Å²) in [7, 11) is 1.59. The number of anilines is 3. The van der Waals surface area contributed by atoms with E-state index in [9.17, 15) is 14.4 Å². The van der Waals surface area contributed by atoms with Gasteiger partial charge in [-0.2, -0.15) is 0 Å². The Morgan fingerprint density at radius 1 is 1.06 bits per heavy atom. The fourth-order valence-corrected chi connectivity index (χ4v) is 4.03. The van der Waals surface area contributed by atoms with Crippen LogP contribution in [0.3, 0.4) is 0 Å². The fraction of sp³-hybridized carbons (Fsp3) is 0.346. The van der Waals surface area contributed by atoms with Crippen LogP contribution >= 0.6 is 0 Å². The van der Waals surface area contributed by atoms with Crippen molar-refractivity contribution in [2.45, 2.75) is 32.9 Å². The molecule has 0 fully saturated rings. The van der Waals surface area contributed by atoms with Crippen LogP contribution in [0, 0.1) is 0 Å². The van der Waals surface area contributed by atoms with Crippen LogP contribution in [0.1, 0.15) is 25.8 Å². The number of nitrogens with one attached hydrogen (secondary N) is 1. The summed E-state index contributed by atoms with van der Waals surface area (Å²) in [6.07, 6.45) is 0.563. The Hall–Kier alpha value is -3.85. The lowest BCUT2D eigenvalue weighted by atomic mass is 10.2. The summed E-state index contributed by atoms with van der Waals surface area (Å²) in [4.78, 5) is 44.8. The number of carbonyl (C=O) groups excluding carboxylic acids is 1. The smallest absolute Gasteiger partial charge is 0.330 e. The van der Waals surface area contributed by atoms with Crippen molar-refractivity contribution in [3.05, 3.63) is 87.1 Å². The lowest BCUT2D eigenvalue weighted by molar-refractivity contribution is -0.117. The molecule has 0 saturated carbocycles. The van der Waals surface area contributed by atoms with Gasteiger partial charge in [-0.1, -0.05) is 48.5 Å². The number of rotatable bonds is 11. The van der Waals surface area contributed by atoms with Crippen LogP contribution in [0.4, 0.5) is 17.2 Å². The number of amides is 1.